The first-order valence-electron chi connectivity index (χ1n) is 5.55. The summed E-state index contributed by atoms with van der Waals surface area (Å²) in [6.07, 6.45) is 6.53. The third-order valence-electron chi connectivity index (χ3n) is 2.90. The molecular formula is C12H14BrNO2. The number of rotatable bonds is 3. The van der Waals surface area contributed by atoms with Gasteiger partial charge in [-0.05, 0) is 46.8 Å². The molecule has 86 valence electrons. The lowest BCUT2D eigenvalue weighted by Gasteiger charge is -2.10. The topological polar surface area (TPSA) is 39.2 Å². The van der Waals surface area contributed by atoms with Gasteiger partial charge in [-0.2, -0.15) is 0 Å². The van der Waals surface area contributed by atoms with Crippen LogP contribution < -0.4 is 0 Å². The zero-order valence-electron chi connectivity index (χ0n) is 8.99. The predicted octanol–water partition coefficient (Wildman–Crippen LogP) is 3.19. The van der Waals surface area contributed by atoms with Crippen molar-refractivity contribution in [2.45, 2.75) is 25.7 Å². The average Bonchev–Trinajstić information content (AvgIpc) is 2.79. The van der Waals surface area contributed by atoms with Crippen LogP contribution in [0.15, 0.2) is 22.9 Å². The Morgan fingerprint density at radius 2 is 2.25 bits per heavy atom. The molecule has 0 amide bonds. The summed E-state index contributed by atoms with van der Waals surface area (Å²) in [6, 6.07) is 3.45. The minimum absolute atomic E-state index is 0.285. The van der Waals surface area contributed by atoms with Gasteiger partial charge in [0, 0.05) is 6.20 Å². The molecule has 1 aromatic heterocycles. The van der Waals surface area contributed by atoms with Crippen LogP contribution in [0.25, 0.3) is 0 Å². The Hall–Kier alpha value is -0.900. The van der Waals surface area contributed by atoms with Crippen molar-refractivity contribution in [1.82, 2.24) is 4.98 Å². The summed E-state index contributed by atoms with van der Waals surface area (Å²) < 4.78 is 5.83. The molecule has 1 fully saturated rings. The highest BCUT2D eigenvalue weighted by atomic mass is 79.9. The van der Waals surface area contributed by atoms with Gasteiger partial charge in [-0.1, -0.05) is 12.8 Å². The normalized spacial score (nSPS) is 16.3. The minimum atomic E-state index is -0.285. The highest BCUT2D eigenvalue weighted by molar-refractivity contribution is 9.10. The minimum Gasteiger partial charge on any atom is -0.462 e. The van der Waals surface area contributed by atoms with Crippen LogP contribution in [0.1, 0.15) is 36.0 Å². The van der Waals surface area contributed by atoms with E-state index < -0.39 is 0 Å². The van der Waals surface area contributed by atoms with E-state index in [0.717, 1.165) is 0 Å². The second kappa shape index (κ2) is 5.43. The van der Waals surface area contributed by atoms with E-state index in [9.17, 15) is 4.79 Å². The molecule has 0 atom stereocenters. The molecule has 0 saturated heterocycles. The quantitative estimate of drug-likeness (QED) is 0.632. The maximum Gasteiger partial charge on any atom is 0.340 e. The zero-order valence-corrected chi connectivity index (χ0v) is 10.6. The second-order valence-corrected chi connectivity index (χ2v) is 4.84. The summed E-state index contributed by atoms with van der Waals surface area (Å²) in [6.45, 7) is 0.542. The van der Waals surface area contributed by atoms with Gasteiger partial charge < -0.3 is 4.74 Å². The number of hydrogen-bond donors (Lipinski definition) is 0. The number of carbonyl (C=O) groups excluding carboxylic acids is 1. The number of aromatic nitrogens is 1. The van der Waals surface area contributed by atoms with Gasteiger partial charge in [0.05, 0.1) is 12.2 Å². The summed E-state index contributed by atoms with van der Waals surface area (Å²) in [5.41, 5.74) is 0.500. The van der Waals surface area contributed by atoms with Crippen LogP contribution in [0, 0.1) is 5.92 Å². The van der Waals surface area contributed by atoms with Crippen LogP contribution in [0.4, 0.5) is 0 Å². The number of hydrogen-bond acceptors (Lipinski definition) is 3. The van der Waals surface area contributed by atoms with E-state index in [1.54, 1.807) is 18.3 Å². The maximum absolute atomic E-state index is 11.7. The van der Waals surface area contributed by atoms with Gasteiger partial charge in [0.25, 0.3) is 0 Å². The van der Waals surface area contributed by atoms with Crippen molar-refractivity contribution in [3.63, 3.8) is 0 Å². The van der Waals surface area contributed by atoms with E-state index in [2.05, 4.69) is 20.9 Å². The lowest BCUT2D eigenvalue weighted by Crippen LogP contribution is -2.12. The van der Waals surface area contributed by atoms with Crippen LogP contribution in [-0.4, -0.2) is 17.6 Å². The van der Waals surface area contributed by atoms with Gasteiger partial charge in [-0.15, -0.1) is 0 Å². The lowest BCUT2D eigenvalue weighted by atomic mass is 10.1. The third kappa shape index (κ3) is 2.82. The van der Waals surface area contributed by atoms with Gasteiger partial charge in [0.15, 0.2) is 0 Å². The fourth-order valence-electron chi connectivity index (χ4n) is 1.99. The highest BCUT2D eigenvalue weighted by Gasteiger charge is 2.18. The van der Waals surface area contributed by atoms with Crippen molar-refractivity contribution in [2.75, 3.05) is 6.61 Å². The Labute approximate surface area is 103 Å². The van der Waals surface area contributed by atoms with E-state index in [4.69, 9.17) is 4.74 Å². The first-order chi connectivity index (χ1) is 7.77. The number of halogens is 1. The molecule has 1 aromatic rings. The van der Waals surface area contributed by atoms with E-state index >= 15 is 0 Å². The van der Waals surface area contributed by atoms with Crippen molar-refractivity contribution in [3.05, 3.63) is 28.5 Å². The summed E-state index contributed by atoms with van der Waals surface area (Å²) in [7, 11) is 0. The van der Waals surface area contributed by atoms with E-state index in [1.165, 1.54) is 25.7 Å². The molecule has 0 aliphatic heterocycles. The van der Waals surface area contributed by atoms with Crippen LogP contribution in [0.5, 0.6) is 0 Å². The fraction of sp³-hybridized carbons (Fsp3) is 0.500. The molecule has 0 radical (unpaired) electrons. The number of pyridine rings is 1. The van der Waals surface area contributed by atoms with Crippen LogP contribution >= 0.6 is 15.9 Å². The summed E-state index contributed by atoms with van der Waals surface area (Å²) in [5, 5.41) is 0. The lowest BCUT2D eigenvalue weighted by molar-refractivity contribution is 0.0441. The Morgan fingerprint density at radius 3 is 2.94 bits per heavy atom. The van der Waals surface area contributed by atoms with E-state index in [0.29, 0.717) is 22.7 Å². The van der Waals surface area contributed by atoms with Crippen LogP contribution in [0.2, 0.25) is 0 Å². The van der Waals surface area contributed by atoms with Crippen molar-refractivity contribution in [3.8, 4) is 0 Å². The molecule has 1 saturated carbocycles. The summed E-state index contributed by atoms with van der Waals surface area (Å²) in [4.78, 5) is 15.7. The number of ether oxygens (including phenoxy) is 1. The largest absolute Gasteiger partial charge is 0.462 e. The van der Waals surface area contributed by atoms with Crippen LogP contribution in [0.3, 0.4) is 0 Å². The smallest absolute Gasteiger partial charge is 0.340 e. The predicted molar refractivity (Wildman–Crippen MR) is 64.2 cm³/mol. The SMILES string of the molecule is O=C(OCC1CCCC1)c1cccnc1Br. The molecule has 3 nitrogen and oxygen atoms in total. The molecular weight excluding hydrogens is 270 g/mol. The Kier molecular flexibility index (Phi) is 3.93. The molecule has 4 heteroatoms. The molecule has 0 spiro atoms. The summed E-state index contributed by atoms with van der Waals surface area (Å²) in [5.74, 6) is 0.270. The van der Waals surface area contributed by atoms with Gasteiger partial charge in [0.2, 0.25) is 0 Å². The monoisotopic (exact) mass is 283 g/mol. The number of carbonyl (C=O) groups is 1. The highest BCUT2D eigenvalue weighted by Crippen LogP contribution is 2.25. The fourth-order valence-corrected chi connectivity index (χ4v) is 2.40. The van der Waals surface area contributed by atoms with E-state index in [-0.39, 0.29) is 5.97 Å². The van der Waals surface area contributed by atoms with Crippen molar-refractivity contribution < 1.29 is 9.53 Å². The van der Waals surface area contributed by atoms with Gasteiger partial charge in [0.1, 0.15) is 4.60 Å². The van der Waals surface area contributed by atoms with E-state index in [1.807, 2.05) is 0 Å². The van der Waals surface area contributed by atoms with Gasteiger partial charge >= 0.3 is 5.97 Å². The molecule has 0 bridgehead atoms. The zero-order chi connectivity index (χ0) is 11.4. The van der Waals surface area contributed by atoms with Crippen molar-refractivity contribution in [2.24, 2.45) is 5.92 Å². The Morgan fingerprint density at radius 1 is 1.50 bits per heavy atom. The molecule has 0 aromatic carbocycles. The first-order valence-corrected chi connectivity index (χ1v) is 6.34. The first kappa shape index (κ1) is 11.6. The second-order valence-electron chi connectivity index (χ2n) is 4.09. The summed E-state index contributed by atoms with van der Waals surface area (Å²) >= 11 is 3.24. The standard InChI is InChI=1S/C12H14BrNO2/c13-11-10(6-3-7-14-11)12(15)16-8-9-4-1-2-5-9/h3,6-7,9H,1-2,4-5,8H2. The maximum atomic E-state index is 11.7. The molecule has 2 rings (SSSR count). The van der Waals surface area contributed by atoms with Crippen molar-refractivity contribution >= 4 is 21.9 Å². The molecule has 1 aliphatic rings. The molecule has 1 aliphatic carbocycles. The van der Waals surface area contributed by atoms with Gasteiger partial charge in [-0.25, -0.2) is 9.78 Å². The number of esters is 1. The molecule has 0 N–H and O–H groups in total. The number of nitrogens with zero attached hydrogens (tertiary/aromatic N) is 1. The Balaban J connectivity index is 1.90. The Bertz CT molecular complexity index is 375. The third-order valence-corrected chi connectivity index (χ3v) is 3.54. The molecule has 0 unspecified atom stereocenters. The van der Waals surface area contributed by atoms with Crippen LogP contribution in [-0.2, 0) is 4.74 Å². The molecule has 16 heavy (non-hydrogen) atoms. The van der Waals surface area contributed by atoms with Gasteiger partial charge in [-0.3, -0.25) is 0 Å². The van der Waals surface area contributed by atoms with Crippen molar-refractivity contribution in [1.29, 1.82) is 0 Å². The average molecular weight is 284 g/mol. The molecule has 1 heterocycles.